The summed E-state index contributed by atoms with van der Waals surface area (Å²) < 4.78 is 0.790. The first-order valence-electron chi connectivity index (χ1n) is 5.98. The molecule has 100 valence electrons. The maximum atomic E-state index is 4.53. The van der Waals surface area contributed by atoms with E-state index in [9.17, 15) is 0 Å². The zero-order valence-electron chi connectivity index (χ0n) is 11.3. The first-order chi connectivity index (χ1) is 8.94. The number of halogens is 1. The third kappa shape index (κ3) is 3.98. The largest absolute Gasteiger partial charge is 0.228 e. The first kappa shape index (κ1) is 14.4. The summed E-state index contributed by atoms with van der Waals surface area (Å²) in [4.78, 5) is 17.7. The molecule has 6 heteroatoms. The molecule has 19 heavy (non-hydrogen) atoms. The highest BCUT2D eigenvalue weighted by Gasteiger charge is 2.10. The number of aromatic nitrogens is 4. The summed E-state index contributed by atoms with van der Waals surface area (Å²) in [6.07, 6.45) is 0. The van der Waals surface area contributed by atoms with Gasteiger partial charge in [-0.15, -0.1) is 0 Å². The van der Waals surface area contributed by atoms with Crippen molar-refractivity contribution in [2.75, 3.05) is 0 Å². The fourth-order valence-corrected chi connectivity index (χ4v) is 2.98. The van der Waals surface area contributed by atoms with Gasteiger partial charge >= 0.3 is 0 Å². The van der Waals surface area contributed by atoms with Crippen LogP contribution >= 0.6 is 27.7 Å². The predicted octanol–water partition coefficient (Wildman–Crippen LogP) is 3.92. The smallest absolute Gasteiger partial charge is 0.194 e. The van der Waals surface area contributed by atoms with Gasteiger partial charge in [-0.3, -0.25) is 0 Å². The second kappa shape index (κ2) is 5.96. The van der Waals surface area contributed by atoms with E-state index in [4.69, 9.17) is 0 Å². The molecule has 0 atom stereocenters. The van der Waals surface area contributed by atoms with Gasteiger partial charge in [-0.05, 0) is 47.6 Å². The number of hydrogen-bond donors (Lipinski definition) is 0. The predicted molar refractivity (Wildman–Crippen MR) is 79.5 cm³/mol. The van der Waals surface area contributed by atoms with Crippen molar-refractivity contribution < 1.29 is 0 Å². The van der Waals surface area contributed by atoms with Crippen LogP contribution in [-0.4, -0.2) is 19.9 Å². The molecule has 0 saturated heterocycles. The minimum Gasteiger partial charge on any atom is -0.228 e. The summed E-state index contributed by atoms with van der Waals surface area (Å²) in [7, 11) is 0. The summed E-state index contributed by atoms with van der Waals surface area (Å²) in [6, 6.07) is 3.84. The fraction of sp³-hybridized carbons (Fsp3) is 0.385. The van der Waals surface area contributed by atoms with Gasteiger partial charge in [0.15, 0.2) is 5.16 Å². The molecular formula is C13H15BrN4S. The number of rotatable bonds is 3. The number of aryl methyl sites for hydroxylation is 2. The molecule has 0 aliphatic carbocycles. The molecule has 0 spiro atoms. The van der Waals surface area contributed by atoms with Crippen LogP contribution in [0.15, 0.2) is 26.9 Å². The zero-order chi connectivity index (χ0) is 14.0. The van der Waals surface area contributed by atoms with Gasteiger partial charge in [0.1, 0.15) is 15.5 Å². The summed E-state index contributed by atoms with van der Waals surface area (Å²) in [6.45, 7) is 8.08. The van der Waals surface area contributed by atoms with Crippen molar-refractivity contribution in [3.63, 3.8) is 0 Å². The van der Waals surface area contributed by atoms with E-state index in [2.05, 4.69) is 49.7 Å². The molecule has 2 rings (SSSR count). The highest BCUT2D eigenvalue weighted by Crippen LogP contribution is 2.26. The summed E-state index contributed by atoms with van der Waals surface area (Å²) in [5.74, 6) is 1.11. The zero-order valence-corrected chi connectivity index (χ0v) is 13.7. The van der Waals surface area contributed by atoms with Crippen molar-refractivity contribution in [3.05, 3.63) is 33.9 Å². The average molecular weight is 339 g/mol. The normalized spacial score (nSPS) is 11.1. The van der Waals surface area contributed by atoms with Crippen molar-refractivity contribution in [3.8, 4) is 0 Å². The Labute approximate surface area is 125 Å². The molecule has 0 saturated carbocycles. The highest BCUT2D eigenvalue weighted by molar-refractivity contribution is 9.10. The van der Waals surface area contributed by atoms with Crippen LogP contribution in [0.5, 0.6) is 0 Å². The Morgan fingerprint density at radius 2 is 1.63 bits per heavy atom. The quantitative estimate of drug-likeness (QED) is 0.627. The van der Waals surface area contributed by atoms with Crippen LogP contribution in [0.4, 0.5) is 0 Å². The fourth-order valence-electron chi connectivity index (χ4n) is 1.56. The van der Waals surface area contributed by atoms with E-state index in [0.29, 0.717) is 0 Å². The lowest BCUT2D eigenvalue weighted by atomic mass is 10.2. The van der Waals surface area contributed by atoms with E-state index in [0.717, 1.165) is 32.0 Å². The topological polar surface area (TPSA) is 51.6 Å². The molecule has 0 unspecified atom stereocenters. The van der Waals surface area contributed by atoms with Crippen LogP contribution in [0.3, 0.4) is 0 Å². The number of nitrogens with zero attached hydrogens (tertiary/aromatic N) is 4. The Kier molecular flexibility index (Phi) is 4.52. The van der Waals surface area contributed by atoms with Crippen LogP contribution < -0.4 is 0 Å². The molecule has 0 radical (unpaired) electrons. The highest BCUT2D eigenvalue weighted by atomic mass is 79.9. The summed E-state index contributed by atoms with van der Waals surface area (Å²) >= 11 is 4.88. The second-order valence-corrected chi connectivity index (χ2v) is 6.38. The van der Waals surface area contributed by atoms with Crippen LogP contribution in [-0.2, 0) is 0 Å². The van der Waals surface area contributed by atoms with Crippen molar-refractivity contribution in [1.82, 2.24) is 19.9 Å². The van der Waals surface area contributed by atoms with Crippen LogP contribution in [0, 0.1) is 13.8 Å². The van der Waals surface area contributed by atoms with Crippen LogP contribution in [0.2, 0.25) is 0 Å². The lowest BCUT2D eigenvalue weighted by Gasteiger charge is -2.07. The third-order valence-corrected chi connectivity index (χ3v) is 3.55. The van der Waals surface area contributed by atoms with Crippen molar-refractivity contribution in [1.29, 1.82) is 0 Å². The Morgan fingerprint density at radius 1 is 1.00 bits per heavy atom. The van der Waals surface area contributed by atoms with E-state index < -0.39 is 0 Å². The third-order valence-electron chi connectivity index (χ3n) is 2.36. The Hall–Kier alpha value is -1.01. The minimum absolute atomic E-state index is 0.289. The van der Waals surface area contributed by atoms with Gasteiger partial charge in [0, 0.05) is 23.4 Å². The van der Waals surface area contributed by atoms with E-state index >= 15 is 0 Å². The molecule has 2 aromatic rings. The van der Waals surface area contributed by atoms with Crippen molar-refractivity contribution in [2.45, 2.75) is 43.8 Å². The average Bonchev–Trinajstić information content (AvgIpc) is 2.26. The van der Waals surface area contributed by atoms with Gasteiger partial charge in [0.25, 0.3) is 0 Å². The molecule has 0 bridgehead atoms. The molecule has 0 N–H and O–H groups in total. The monoisotopic (exact) mass is 338 g/mol. The van der Waals surface area contributed by atoms with Crippen molar-refractivity contribution >= 4 is 27.7 Å². The van der Waals surface area contributed by atoms with Gasteiger partial charge < -0.3 is 0 Å². The summed E-state index contributed by atoms with van der Waals surface area (Å²) in [5, 5.41) is 1.58. The second-order valence-electron chi connectivity index (χ2n) is 4.58. The lowest BCUT2D eigenvalue weighted by Crippen LogP contribution is -2.00. The van der Waals surface area contributed by atoms with Crippen LogP contribution in [0.25, 0.3) is 0 Å². The van der Waals surface area contributed by atoms with Gasteiger partial charge in [-0.2, -0.15) is 0 Å². The summed E-state index contributed by atoms with van der Waals surface area (Å²) in [5.41, 5.74) is 1.93. The van der Waals surface area contributed by atoms with Gasteiger partial charge in [-0.1, -0.05) is 13.8 Å². The molecular weight excluding hydrogens is 324 g/mol. The van der Waals surface area contributed by atoms with E-state index in [-0.39, 0.29) is 5.92 Å². The standard InChI is InChI=1S/C13H15BrN4S/c1-7(2)12-17-10(14)6-11(18-12)19-13-15-8(3)5-9(4)16-13/h5-7H,1-4H3. The molecule has 0 amide bonds. The van der Waals surface area contributed by atoms with Gasteiger partial charge in [0.05, 0.1) is 0 Å². The minimum atomic E-state index is 0.289. The van der Waals surface area contributed by atoms with Crippen LogP contribution in [0.1, 0.15) is 37.0 Å². The van der Waals surface area contributed by atoms with Gasteiger partial charge in [0.2, 0.25) is 0 Å². The Balaban J connectivity index is 2.32. The molecule has 0 aliphatic rings. The van der Waals surface area contributed by atoms with E-state index in [1.54, 1.807) is 0 Å². The number of hydrogen-bond acceptors (Lipinski definition) is 5. The lowest BCUT2D eigenvalue weighted by molar-refractivity contribution is 0.746. The Morgan fingerprint density at radius 3 is 2.21 bits per heavy atom. The first-order valence-corrected chi connectivity index (χ1v) is 7.59. The maximum absolute atomic E-state index is 4.53. The Bertz CT molecular complexity index is 581. The van der Waals surface area contributed by atoms with E-state index in [1.165, 1.54) is 11.8 Å². The molecule has 2 heterocycles. The van der Waals surface area contributed by atoms with Gasteiger partial charge in [-0.25, -0.2) is 19.9 Å². The SMILES string of the molecule is Cc1cc(C)nc(Sc2cc(Br)nc(C(C)C)n2)n1. The molecule has 2 aromatic heterocycles. The molecule has 0 fully saturated rings. The molecule has 4 nitrogen and oxygen atoms in total. The molecule has 0 aromatic carbocycles. The maximum Gasteiger partial charge on any atom is 0.194 e. The molecule has 0 aliphatic heterocycles. The van der Waals surface area contributed by atoms with E-state index in [1.807, 2.05) is 26.0 Å². The van der Waals surface area contributed by atoms with Crippen molar-refractivity contribution in [2.24, 2.45) is 0 Å².